The van der Waals surface area contributed by atoms with E-state index in [1.54, 1.807) is 6.07 Å². The summed E-state index contributed by atoms with van der Waals surface area (Å²) in [5.41, 5.74) is 5.39. The van der Waals surface area contributed by atoms with Gasteiger partial charge in [-0.2, -0.15) is 0 Å². The number of aliphatic imine (C=N–C) groups is 1. The second-order valence-corrected chi connectivity index (χ2v) is 8.83. The molecular weight excluding hydrogens is 443 g/mol. The number of aromatic amines is 1. The standard InChI is InChI=1S/C28H29FN4O2/c1-18(34)30-15-14-19-4-8-21(9-5-19)27(31-23-11-6-20(7-12-23)17-33(2)3)26-24-13-10-22(29)16-25(24)32-28(26)35/h4-13,16,32,35H,14-15,17H2,1-3H3,(H,30,34). The molecule has 0 aliphatic heterocycles. The number of fused-ring (bicyclic) bond motifs is 1. The Balaban J connectivity index is 1.75. The van der Waals surface area contributed by atoms with E-state index in [9.17, 15) is 14.3 Å². The van der Waals surface area contributed by atoms with Gasteiger partial charge in [0.1, 0.15) is 5.82 Å². The van der Waals surface area contributed by atoms with Gasteiger partial charge in [-0.1, -0.05) is 36.4 Å². The normalized spacial score (nSPS) is 11.9. The van der Waals surface area contributed by atoms with E-state index in [1.165, 1.54) is 24.6 Å². The summed E-state index contributed by atoms with van der Waals surface area (Å²) in [6.07, 6.45) is 0.706. The fourth-order valence-electron chi connectivity index (χ4n) is 4.04. The van der Waals surface area contributed by atoms with Crippen LogP contribution in [0.3, 0.4) is 0 Å². The first-order valence-corrected chi connectivity index (χ1v) is 11.5. The third-order valence-corrected chi connectivity index (χ3v) is 5.67. The van der Waals surface area contributed by atoms with E-state index in [0.717, 1.165) is 23.4 Å². The van der Waals surface area contributed by atoms with Crippen LogP contribution in [0.2, 0.25) is 0 Å². The highest BCUT2D eigenvalue weighted by molar-refractivity contribution is 6.21. The summed E-state index contributed by atoms with van der Waals surface area (Å²) in [6, 6.07) is 20.2. The summed E-state index contributed by atoms with van der Waals surface area (Å²) in [4.78, 5) is 21.0. The van der Waals surface area contributed by atoms with Crippen molar-refractivity contribution < 1.29 is 14.3 Å². The van der Waals surface area contributed by atoms with Gasteiger partial charge in [0.15, 0.2) is 5.88 Å². The Morgan fingerprint density at radius 3 is 2.37 bits per heavy atom. The highest BCUT2D eigenvalue weighted by atomic mass is 19.1. The van der Waals surface area contributed by atoms with Gasteiger partial charge < -0.3 is 20.3 Å². The minimum absolute atomic E-state index is 0.0566. The lowest BCUT2D eigenvalue weighted by Gasteiger charge is -2.11. The molecule has 0 bridgehead atoms. The first-order chi connectivity index (χ1) is 16.8. The van der Waals surface area contributed by atoms with Gasteiger partial charge >= 0.3 is 0 Å². The Kier molecular flexibility index (Phi) is 7.27. The van der Waals surface area contributed by atoms with Gasteiger partial charge in [-0.05, 0) is 62.0 Å². The molecule has 0 aliphatic rings. The Hall–Kier alpha value is -3.97. The molecule has 0 fully saturated rings. The van der Waals surface area contributed by atoms with Crippen molar-refractivity contribution in [2.75, 3.05) is 20.6 Å². The molecule has 0 atom stereocenters. The summed E-state index contributed by atoms with van der Waals surface area (Å²) in [5.74, 6) is -0.508. The van der Waals surface area contributed by atoms with Crippen LogP contribution >= 0.6 is 0 Å². The quantitative estimate of drug-likeness (QED) is 0.318. The molecule has 0 unspecified atom stereocenters. The zero-order chi connectivity index (χ0) is 24.9. The molecule has 0 saturated carbocycles. The van der Waals surface area contributed by atoms with Crippen molar-refractivity contribution >= 4 is 28.2 Å². The maximum Gasteiger partial charge on any atom is 0.216 e. The minimum atomic E-state index is -0.385. The highest BCUT2D eigenvalue weighted by Gasteiger charge is 2.19. The van der Waals surface area contributed by atoms with Gasteiger partial charge in [0.05, 0.1) is 22.5 Å². The maximum absolute atomic E-state index is 13.8. The highest BCUT2D eigenvalue weighted by Crippen LogP contribution is 2.32. The molecule has 6 nitrogen and oxygen atoms in total. The molecule has 0 radical (unpaired) electrons. The number of amides is 1. The molecule has 0 aliphatic carbocycles. The summed E-state index contributed by atoms with van der Waals surface area (Å²) < 4.78 is 13.8. The summed E-state index contributed by atoms with van der Waals surface area (Å²) in [6.45, 7) is 2.88. The number of benzene rings is 3. The zero-order valence-corrected chi connectivity index (χ0v) is 20.1. The van der Waals surface area contributed by atoms with Crippen molar-refractivity contribution in [3.63, 3.8) is 0 Å². The molecule has 0 spiro atoms. The number of carbonyl (C=O) groups excluding carboxylic acids is 1. The zero-order valence-electron chi connectivity index (χ0n) is 20.1. The van der Waals surface area contributed by atoms with Crippen molar-refractivity contribution in [3.05, 3.63) is 94.8 Å². The van der Waals surface area contributed by atoms with Gasteiger partial charge in [-0.3, -0.25) is 4.79 Å². The molecule has 1 amide bonds. The number of nitrogens with zero attached hydrogens (tertiary/aromatic N) is 2. The molecule has 3 aromatic carbocycles. The van der Waals surface area contributed by atoms with Crippen LogP contribution in [0, 0.1) is 5.82 Å². The monoisotopic (exact) mass is 472 g/mol. The lowest BCUT2D eigenvalue weighted by Crippen LogP contribution is -2.22. The van der Waals surface area contributed by atoms with Gasteiger partial charge in [0.25, 0.3) is 0 Å². The number of nitrogens with one attached hydrogen (secondary N) is 2. The Morgan fingerprint density at radius 1 is 1.03 bits per heavy atom. The molecule has 180 valence electrons. The van der Waals surface area contributed by atoms with E-state index in [1.807, 2.05) is 62.6 Å². The van der Waals surface area contributed by atoms with E-state index < -0.39 is 0 Å². The number of H-pyrrole nitrogens is 1. The van der Waals surface area contributed by atoms with Crippen LogP contribution in [-0.2, 0) is 17.8 Å². The van der Waals surface area contributed by atoms with Crippen LogP contribution in [0.15, 0.2) is 71.7 Å². The smallest absolute Gasteiger partial charge is 0.216 e. The van der Waals surface area contributed by atoms with Crippen LogP contribution < -0.4 is 5.32 Å². The summed E-state index contributed by atoms with van der Waals surface area (Å²) >= 11 is 0. The number of rotatable bonds is 8. The Labute approximate surface area is 204 Å². The number of aromatic hydroxyl groups is 1. The Bertz CT molecular complexity index is 1360. The number of carbonyl (C=O) groups is 1. The van der Waals surface area contributed by atoms with E-state index >= 15 is 0 Å². The third-order valence-electron chi connectivity index (χ3n) is 5.67. The van der Waals surface area contributed by atoms with Crippen molar-refractivity contribution in [2.45, 2.75) is 19.9 Å². The summed E-state index contributed by atoms with van der Waals surface area (Å²) in [7, 11) is 4.04. The summed E-state index contributed by atoms with van der Waals surface area (Å²) in [5, 5.41) is 14.3. The first kappa shape index (κ1) is 24.2. The molecule has 7 heteroatoms. The first-order valence-electron chi connectivity index (χ1n) is 11.5. The molecule has 1 heterocycles. The fraction of sp³-hybridized carbons (Fsp3) is 0.214. The molecule has 4 rings (SSSR count). The topological polar surface area (TPSA) is 80.7 Å². The van der Waals surface area contributed by atoms with E-state index in [0.29, 0.717) is 35.1 Å². The van der Waals surface area contributed by atoms with Gasteiger partial charge in [-0.25, -0.2) is 9.38 Å². The molecule has 3 N–H and O–H groups in total. The largest absolute Gasteiger partial charge is 0.494 e. The molecular formula is C28H29FN4O2. The van der Waals surface area contributed by atoms with Gasteiger partial charge in [-0.15, -0.1) is 0 Å². The predicted octanol–water partition coefficient (Wildman–Crippen LogP) is 4.92. The van der Waals surface area contributed by atoms with Crippen LogP contribution in [0.25, 0.3) is 10.9 Å². The van der Waals surface area contributed by atoms with Crippen molar-refractivity contribution in [2.24, 2.45) is 4.99 Å². The SMILES string of the molecule is CC(=O)NCCc1ccc(C(=Nc2ccc(CN(C)C)cc2)c2c(O)[nH]c3cc(F)ccc23)cc1. The van der Waals surface area contributed by atoms with Crippen molar-refractivity contribution in [3.8, 4) is 5.88 Å². The fourth-order valence-corrected chi connectivity index (χ4v) is 4.04. The second-order valence-electron chi connectivity index (χ2n) is 8.83. The van der Waals surface area contributed by atoms with Crippen LogP contribution in [0.4, 0.5) is 10.1 Å². The average molecular weight is 473 g/mol. The molecule has 35 heavy (non-hydrogen) atoms. The molecule has 4 aromatic rings. The number of aromatic nitrogens is 1. The van der Waals surface area contributed by atoms with Crippen LogP contribution in [0.1, 0.15) is 29.2 Å². The lowest BCUT2D eigenvalue weighted by molar-refractivity contribution is -0.118. The van der Waals surface area contributed by atoms with Crippen LogP contribution in [-0.4, -0.2) is 47.2 Å². The second kappa shape index (κ2) is 10.5. The van der Waals surface area contributed by atoms with E-state index in [2.05, 4.69) is 15.2 Å². The lowest BCUT2D eigenvalue weighted by atomic mass is 9.99. The maximum atomic E-state index is 13.8. The van der Waals surface area contributed by atoms with Crippen molar-refractivity contribution in [1.29, 1.82) is 0 Å². The predicted molar refractivity (Wildman–Crippen MR) is 138 cm³/mol. The number of hydrogen-bond acceptors (Lipinski definition) is 4. The minimum Gasteiger partial charge on any atom is -0.494 e. The Morgan fingerprint density at radius 2 is 1.71 bits per heavy atom. The van der Waals surface area contributed by atoms with Gasteiger partial charge in [0.2, 0.25) is 5.91 Å². The molecule has 1 aromatic heterocycles. The van der Waals surface area contributed by atoms with Gasteiger partial charge in [0, 0.05) is 31.0 Å². The average Bonchev–Trinajstić information content (AvgIpc) is 3.13. The van der Waals surface area contributed by atoms with E-state index in [4.69, 9.17) is 4.99 Å². The number of halogens is 1. The van der Waals surface area contributed by atoms with Crippen molar-refractivity contribution in [1.82, 2.24) is 15.2 Å². The molecule has 0 saturated heterocycles. The van der Waals surface area contributed by atoms with E-state index in [-0.39, 0.29) is 17.6 Å². The van der Waals surface area contributed by atoms with Crippen LogP contribution in [0.5, 0.6) is 5.88 Å². The number of hydrogen-bond donors (Lipinski definition) is 3. The third kappa shape index (κ3) is 5.94.